The van der Waals surface area contributed by atoms with Gasteiger partial charge in [-0.15, -0.1) is 0 Å². The molecule has 0 aliphatic carbocycles. The van der Waals surface area contributed by atoms with Crippen LogP contribution in [-0.2, 0) is 16.1 Å². The van der Waals surface area contributed by atoms with Gasteiger partial charge < -0.3 is 9.64 Å². The van der Waals surface area contributed by atoms with Crippen LogP contribution >= 0.6 is 0 Å². The lowest BCUT2D eigenvalue weighted by Gasteiger charge is -2.38. The number of carbonyl (C=O) groups excluding carboxylic acids is 1. The highest BCUT2D eigenvalue weighted by atomic mass is 16.5. The fourth-order valence-corrected chi connectivity index (χ4v) is 1.87. The van der Waals surface area contributed by atoms with Crippen molar-refractivity contribution in [1.29, 1.82) is 0 Å². The van der Waals surface area contributed by atoms with Crippen LogP contribution in [0.25, 0.3) is 0 Å². The summed E-state index contributed by atoms with van der Waals surface area (Å²) in [6.45, 7) is 7.49. The van der Waals surface area contributed by atoms with Crippen molar-refractivity contribution in [3.8, 4) is 0 Å². The number of aryl methyl sites for hydroxylation is 1. The van der Waals surface area contributed by atoms with E-state index < -0.39 is 0 Å². The van der Waals surface area contributed by atoms with E-state index in [4.69, 9.17) is 4.74 Å². The molecule has 1 aromatic carbocycles. The number of amides is 1. The largest absolute Gasteiger partial charge is 0.370 e. The number of benzene rings is 1. The maximum atomic E-state index is 11.2. The molecule has 90 valence electrons. The number of likely N-dealkylation sites (tertiary alicyclic amines) is 1. The average Bonchev–Trinajstić information content (AvgIpc) is 2.26. The van der Waals surface area contributed by atoms with E-state index in [1.807, 2.05) is 6.07 Å². The Morgan fingerprint density at radius 1 is 1.59 bits per heavy atom. The Morgan fingerprint density at radius 2 is 2.35 bits per heavy atom. The van der Waals surface area contributed by atoms with Gasteiger partial charge in [0.15, 0.2) is 0 Å². The molecule has 0 saturated carbocycles. The Hall–Kier alpha value is -1.61. The van der Waals surface area contributed by atoms with Crippen molar-refractivity contribution in [2.75, 3.05) is 13.1 Å². The van der Waals surface area contributed by atoms with Crippen LogP contribution < -0.4 is 0 Å². The standard InChI is InChI=1S/C14H17NO2/c1-3-14(16)15-8-13(9-15)17-10-12-6-4-5-11(2)7-12/h3-7,13H,1,8-10H2,2H3. The van der Waals surface area contributed by atoms with E-state index >= 15 is 0 Å². The summed E-state index contributed by atoms with van der Waals surface area (Å²) in [6, 6.07) is 8.27. The van der Waals surface area contributed by atoms with Crippen LogP contribution in [0.15, 0.2) is 36.9 Å². The van der Waals surface area contributed by atoms with E-state index in [2.05, 4.69) is 31.7 Å². The summed E-state index contributed by atoms with van der Waals surface area (Å²) in [5, 5.41) is 0. The van der Waals surface area contributed by atoms with Crippen LogP contribution in [0, 0.1) is 6.92 Å². The van der Waals surface area contributed by atoms with Crippen LogP contribution in [0.5, 0.6) is 0 Å². The van der Waals surface area contributed by atoms with Gasteiger partial charge in [-0.2, -0.15) is 0 Å². The van der Waals surface area contributed by atoms with Crippen molar-refractivity contribution in [2.45, 2.75) is 19.6 Å². The molecule has 3 heteroatoms. The van der Waals surface area contributed by atoms with Gasteiger partial charge in [0.05, 0.1) is 12.7 Å². The van der Waals surface area contributed by atoms with E-state index in [0.29, 0.717) is 19.7 Å². The second kappa shape index (κ2) is 5.15. The van der Waals surface area contributed by atoms with Gasteiger partial charge in [-0.05, 0) is 18.6 Å². The van der Waals surface area contributed by atoms with Gasteiger partial charge in [0.1, 0.15) is 0 Å². The first-order chi connectivity index (χ1) is 8.19. The Morgan fingerprint density at radius 3 is 3.00 bits per heavy atom. The first-order valence-electron chi connectivity index (χ1n) is 5.77. The maximum Gasteiger partial charge on any atom is 0.246 e. The lowest BCUT2D eigenvalue weighted by Crippen LogP contribution is -2.54. The second-order valence-corrected chi connectivity index (χ2v) is 4.37. The maximum absolute atomic E-state index is 11.2. The third-order valence-corrected chi connectivity index (χ3v) is 2.90. The first-order valence-corrected chi connectivity index (χ1v) is 5.77. The van der Waals surface area contributed by atoms with E-state index in [0.717, 1.165) is 0 Å². The Labute approximate surface area is 102 Å². The quantitative estimate of drug-likeness (QED) is 0.741. The van der Waals surface area contributed by atoms with Crippen molar-refractivity contribution >= 4 is 5.91 Å². The lowest BCUT2D eigenvalue weighted by atomic mass is 10.1. The molecule has 1 fully saturated rings. The zero-order valence-corrected chi connectivity index (χ0v) is 10.1. The van der Waals surface area contributed by atoms with Crippen LogP contribution in [-0.4, -0.2) is 30.0 Å². The highest BCUT2D eigenvalue weighted by Gasteiger charge is 2.29. The van der Waals surface area contributed by atoms with Gasteiger partial charge in [0.25, 0.3) is 0 Å². The number of hydrogen-bond acceptors (Lipinski definition) is 2. The van der Waals surface area contributed by atoms with Gasteiger partial charge in [0, 0.05) is 13.1 Å². The van der Waals surface area contributed by atoms with Crippen molar-refractivity contribution in [3.63, 3.8) is 0 Å². The molecule has 2 rings (SSSR count). The van der Waals surface area contributed by atoms with Crippen molar-refractivity contribution in [2.24, 2.45) is 0 Å². The zero-order chi connectivity index (χ0) is 12.3. The van der Waals surface area contributed by atoms with E-state index in [1.165, 1.54) is 17.2 Å². The van der Waals surface area contributed by atoms with Crippen LogP contribution in [0.4, 0.5) is 0 Å². The van der Waals surface area contributed by atoms with Crippen LogP contribution in [0.1, 0.15) is 11.1 Å². The molecule has 17 heavy (non-hydrogen) atoms. The number of carbonyl (C=O) groups is 1. The molecule has 0 aromatic heterocycles. The topological polar surface area (TPSA) is 29.5 Å². The van der Waals surface area contributed by atoms with E-state index in [9.17, 15) is 4.79 Å². The zero-order valence-electron chi connectivity index (χ0n) is 10.1. The molecule has 1 aliphatic heterocycles. The van der Waals surface area contributed by atoms with Crippen molar-refractivity contribution in [1.82, 2.24) is 4.90 Å². The second-order valence-electron chi connectivity index (χ2n) is 4.37. The van der Waals surface area contributed by atoms with Gasteiger partial charge in [-0.1, -0.05) is 36.4 Å². The number of ether oxygens (including phenoxy) is 1. The molecule has 1 aromatic rings. The van der Waals surface area contributed by atoms with Gasteiger partial charge in [0.2, 0.25) is 5.91 Å². The number of nitrogens with zero attached hydrogens (tertiary/aromatic N) is 1. The van der Waals surface area contributed by atoms with E-state index in [1.54, 1.807) is 4.90 Å². The predicted molar refractivity (Wildman–Crippen MR) is 66.5 cm³/mol. The summed E-state index contributed by atoms with van der Waals surface area (Å²) >= 11 is 0. The Bertz CT molecular complexity index is 422. The minimum Gasteiger partial charge on any atom is -0.370 e. The smallest absolute Gasteiger partial charge is 0.246 e. The number of hydrogen-bond donors (Lipinski definition) is 0. The molecule has 0 spiro atoms. The molecule has 0 N–H and O–H groups in total. The molecule has 0 bridgehead atoms. The molecule has 1 heterocycles. The molecule has 3 nitrogen and oxygen atoms in total. The van der Waals surface area contributed by atoms with Crippen molar-refractivity contribution in [3.05, 3.63) is 48.0 Å². The lowest BCUT2D eigenvalue weighted by molar-refractivity contribution is -0.140. The molecule has 1 aliphatic rings. The summed E-state index contributed by atoms with van der Waals surface area (Å²) in [5.41, 5.74) is 2.42. The van der Waals surface area contributed by atoms with Crippen LogP contribution in [0.3, 0.4) is 0 Å². The number of rotatable bonds is 4. The fraction of sp³-hybridized carbons (Fsp3) is 0.357. The minimum absolute atomic E-state index is 0.0135. The van der Waals surface area contributed by atoms with Gasteiger partial charge in [-0.25, -0.2) is 0 Å². The highest BCUT2D eigenvalue weighted by Crippen LogP contribution is 2.14. The molecular weight excluding hydrogens is 214 g/mol. The summed E-state index contributed by atoms with van der Waals surface area (Å²) in [7, 11) is 0. The minimum atomic E-state index is -0.0135. The van der Waals surface area contributed by atoms with Gasteiger partial charge >= 0.3 is 0 Å². The summed E-state index contributed by atoms with van der Waals surface area (Å²) < 4.78 is 5.72. The van der Waals surface area contributed by atoms with Crippen molar-refractivity contribution < 1.29 is 9.53 Å². The summed E-state index contributed by atoms with van der Waals surface area (Å²) in [4.78, 5) is 12.9. The van der Waals surface area contributed by atoms with Crippen LogP contribution in [0.2, 0.25) is 0 Å². The predicted octanol–water partition coefficient (Wildman–Crippen LogP) is 1.91. The molecule has 1 saturated heterocycles. The Balaban J connectivity index is 1.75. The fourth-order valence-electron chi connectivity index (χ4n) is 1.87. The third kappa shape index (κ3) is 2.94. The SMILES string of the molecule is C=CC(=O)N1CC(OCc2cccc(C)c2)C1. The summed E-state index contributed by atoms with van der Waals surface area (Å²) in [5.74, 6) is -0.0135. The molecule has 0 radical (unpaired) electrons. The highest BCUT2D eigenvalue weighted by molar-refractivity contribution is 5.87. The average molecular weight is 231 g/mol. The van der Waals surface area contributed by atoms with E-state index in [-0.39, 0.29) is 12.0 Å². The monoisotopic (exact) mass is 231 g/mol. The molecule has 1 amide bonds. The normalized spacial score (nSPS) is 15.5. The Kier molecular flexibility index (Phi) is 3.59. The van der Waals surface area contributed by atoms with Gasteiger partial charge in [-0.3, -0.25) is 4.79 Å². The first kappa shape index (κ1) is 11.9. The third-order valence-electron chi connectivity index (χ3n) is 2.90. The molecule has 0 atom stereocenters. The molecular formula is C14H17NO2. The summed E-state index contributed by atoms with van der Waals surface area (Å²) in [6.07, 6.45) is 1.51. The molecule has 0 unspecified atom stereocenters.